The molecular weight excluding hydrogens is 362 g/mol. The van der Waals surface area contributed by atoms with E-state index >= 15 is 0 Å². The summed E-state index contributed by atoms with van der Waals surface area (Å²) in [5.74, 6) is 1.52. The van der Waals surface area contributed by atoms with Crippen molar-refractivity contribution >= 4 is 22.4 Å². The summed E-state index contributed by atoms with van der Waals surface area (Å²) in [5, 5.41) is 13.1. The van der Waals surface area contributed by atoms with E-state index in [9.17, 15) is 4.79 Å². The molecule has 1 aliphatic carbocycles. The van der Waals surface area contributed by atoms with Crippen molar-refractivity contribution in [2.45, 2.75) is 44.6 Å². The second-order valence-corrected chi connectivity index (χ2v) is 8.47. The molecule has 4 rings (SSSR count). The average Bonchev–Trinajstić information content (AvgIpc) is 3.36. The second-order valence-electron chi connectivity index (χ2n) is 7.46. The highest BCUT2D eigenvalue weighted by Crippen LogP contribution is 2.35. The Morgan fingerprint density at radius 3 is 2.67 bits per heavy atom. The van der Waals surface area contributed by atoms with Crippen LogP contribution in [0.2, 0.25) is 0 Å². The van der Waals surface area contributed by atoms with E-state index in [1.807, 2.05) is 12.1 Å². The van der Waals surface area contributed by atoms with Crippen LogP contribution in [0.15, 0.2) is 22.8 Å². The van der Waals surface area contributed by atoms with Gasteiger partial charge in [0.05, 0.1) is 19.4 Å². The quantitative estimate of drug-likeness (QED) is 0.819. The molecule has 0 spiro atoms. The Balaban J connectivity index is 1.20. The van der Waals surface area contributed by atoms with Gasteiger partial charge in [0.2, 0.25) is 11.0 Å². The van der Waals surface area contributed by atoms with Gasteiger partial charge < -0.3 is 4.42 Å². The zero-order chi connectivity index (χ0) is 18.5. The Labute approximate surface area is 163 Å². The van der Waals surface area contributed by atoms with Gasteiger partial charge in [-0.05, 0) is 25.0 Å². The molecule has 3 heterocycles. The van der Waals surface area contributed by atoms with Gasteiger partial charge in [0.1, 0.15) is 10.8 Å². The first-order valence-electron chi connectivity index (χ1n) is 9.86. The second kappa shape index (κ2) is 8.95. The van der Waals surface area contributed by atoms with E-state index in [0.717, 1.165) is 43.5 Å². The average molecular weight is 390 g/mol. The Hall–Kier alpha value is -1.77. The topological polar surface area (TPSA) is 74.5 Å². The molecule has 0 aromatic carbocycles. The summed E-state index contributed by atoms with van der Waals surface area (Å²) in [6.07, 6.45) is 7.99. The van der Waals surface area contributed by atoms with Crippen molar-refractivity contribution in [1.29, 1.82) is 0 Å². The molecule has 1 saturated heterocycles. The fourth-order valence-electron chi connectivity index (χ4n) is 3.89. The van der Waals surface area contributed by atoms with E-state index in [1.54, 1.807) is 17.6 Å². The highest BCUT2D eigenvalue weighted by Gasteiger charge is 2.22. The molecule has 1 aliphatic heterocycles. The molecule has 8 heteroatoms. The van der Waals surface area contributed by atoms with Crippen LogP contribution >= 0.6 is 11.3 Å². The standard InChI is InChI=1S/C19H27N5O2S/c25-17(20-19-22-21-18(27-19)15-5-2-1-3-6-15)14-24-10-8-23(9-11-24)13-16-7-4-12-26-16/h4,7,12,15H,1-3,5-6,8-11,13-14H2,(H,20,22,25). The summed E-state index contributed by atoms with van der Waals surface area (Å²) in [5.41, 5.74) is 0. The van der Waals surface area contributed by atoms with E-state index in [-0.39, 0.29) is 5.91 Å². The molecule has 0 radical (unpaired) electrons. The minimum absolute atomic E-state index is 0.000767. The van der Waals surface area contributed by atoms with Gasteiger partial charge in [0.15, 0.2) is 0 Å². The zero-order valence-electron chi connectivity index (χ0n) is 15.6. The zero-order valence-corrected chi connectivity index (χ0v) is 16.4. The van der Waals surface area contributed by atoms with Crippen LogP contribution in [-0.4, -0.2) is 58.6 Å². The molecule has 1 saturated carbocycles. The molecule has 0 bridgehead atoms. The van der Waals surface area contributed by atoms with Crippen molar-refractivity contribution in [2.75, 3.05) is 38.0 Å². The highest BCUT2D eigenvalue weighted by molar-refractivity contribution is 7.15. The number of hydrogen-bond donors (Lipinski definition) is 1. The van der Waals surface area contributed by atoms with Gasteiger partial charge in [-0.25, -0.2) is 0 Å². The molecule has 2 aromatic heterocycles. The molecule has 1 amide bonds. The van der Waals surface area contributed by atoms with Crippen LogP contribution in [0.1, 0.15) is 48.8 Å². The molecule has 2 fully saturated rings. The van der Waals surface area contributed by atoms with Gasteiger partial charge in [-0.3, -0.25) is 19.9 Å². The summed E-state index contributed by atoms with van der Waals surface area (Å²) in [4.78, 5) is 16.9. The van der Waals surface area contributed by atoms with Crippen LogP contribution in [-0.2, 0) is 11.3 Å². The Morgan fingerprint density at radius 1 is 1.15 bits per heavy atom. The van der Waals surface area contributed by atoms with Gasteiger partial charge in [-0.15, -0.1) is 10.2 Å². The minimum atomic E-state index is 0.000767. The largest absolute Gasteiger partial charge is 0.468 e. The van der Waals surface area contributed by atoms with Crippen LogP contribution in [0.5, 0.6) is 0 Å². The maximum Gasteiger partial charge on any atom is 0.240 e. The summed E-state index contributed by atoms with van der Waals surface area (Å²) >= 11 is 1.54. The first-order valence-corrected chi connectivity index (χ1v) is 10.7. The highest BCUT2D eigenvalue weighted by atomic mass is 32.1. The molecule has 2 aliphatic rings. The van der Waals surface area contributed by atoms with E-state index in [0.29, 0.717) is 17.6 Å². The van der Waals surface area contributed by atoms with E-state index in [4.69, 9.17) is 4.42 Å². The number of aromatic nitrogens is 2. The van der Waals surface area contributed by atoms with Crippen molar-refractivity contribution in [3.8, 4) is 0 Å². The molecule has 27 heavy (non-hydrogen) atoms. The third-order valence-electron chi connectivity index (χ3n) is 5.43. The van der Waals surface area contributed by atoms with Gasteiger partial charge in [-0.1, -0.05) is 30.6 Å². The van der Waals surface area contributed by atoms with Crippen molar-refractivity contribution in [3.05, 3.63) is 29.2 Å². The van der Waals surface area contributed by atoms with Crippen molar-refractivity contribution in [1.82, 2.24) is 20.0 Å². The maximum atomic E-state index is 12.4. The minimum Gasteiger partial charge on any atom is -0.468 e. The summed E-state index contributed by atoms with van der Waals surface area (Å²) in [6, 6.07) is 3.92. The number of anilines is 1. The Kier molecular flexibility index (Phi) is 6.16. The molecule has 2 aromatic rings. The number of nitrogens with one attached hydrogen (secondary N) is 1. The van der Waals surface area contributed by atoms with Crippen LogP contribution in [0, 0.1) is 0 Å². The van der Waals surface area contributed by atoms with E-state index in [2.05, 4.69) is 25.3 Å². The smallest absolute Gasteiger partial charge is 0.240 e. The van der Waals surface area contributed by atoms with Crippen molar-refractivity contribution < 1.29 is 9.21 Å². The van der Waals surface area contributed by atoms with Crippen LogP contribution in [0.25, 0.3) is 0 Å². The first kappa shape index (κ1) is 18.6. The predicted molar refractivity (Wildman–Crippen MR) is 105 cm³/mol. The number of amides is 1. The lowest BCUT2D eigenvalue weighted by Gasteiger charge is -2.33. The Bertz CT molecular complexity index is 718. The van der Waals surface area contributed by atoms with Crippen LogP contribution in [0.4, 0.5) is 5.13 Å². The lowest BCUT2D eigenvalue weighted by atomic mass is 9.90. The third-order valence-corrected chi connectivity index (χ3v) is 6.43. The van der Waals surface area contributed by atoms with Gasteiger partial charge >= 0.3 is 0 Å². The molecule has 146 valence electrons. The fourth-order valence-corrected chi connectivity index (χ4v) is 4.82. The number of rotatable bonds is 6. The lowest BCUT2D eigenvalue weighted by molar-refractivity contribution is -0.117. The maximum absolute atomic E-state index is 12.4. The van der Waals surface area contributed by atoms with Crippen molar-refractivity contribution in [2.24, 2.45) is 0 Å². The van der Waals surface area contributed by atoms with Crippen LogP contribution in [0.3, 0.4) is 0 Å². The molecule has 1 N–H and O–H groups in total. The van der Waals surface area contributed by atoms with Gasteiger partial charge in [0, 0.05) is 32.1 Å². The van der Waals surface area contributed by atoms with Crippen LogP contribution < -0.4 is 5.32 Å². The normalized spacial score (nSPS) is 20.0. The SMILES string of the molecule is O=C(CN1CCN(Cc2ccco2)CC1)Nc1nnc(C2CCCCC2)s1. The van der Waals surface area contributed by atoms with Gasteiger partial charge in [0.25, 0.3) is 0 Å². The number of hydrogen-bond acceptors (Lipinski definition) is 7. The third kappa shape index (κ3) is 5.15. The molecule has 7 nitrogen and oxygen atoms in total. The fraction of sp³-hybridized carbons (Fsp3) is 0.632. The molecule has 0 atom stereocenters. The Morgan fingerprint density at radius 2 is 1.93 bits per heavy atom. The van der Waals surface area contributed by atoms with E-state index in [1.165, 1.54) is 32.1 Å². The number of carbonyl (C=O) groups excluding carboxylic acids is 1. The number of piperazine rings is 1. The predicted octanol–water partition coefficient (Wildman–Crippen LogP) is 2.94. The summed E-state index contributed by atoms with van der Waals surface area (Å²) < 4.78 is 5.41. The van der Waals surface area contributed by atoms with Crippen molar-refractivity contribution in [3.63, 3.8) is 0 Å². The lowest BCUT2D eigenvalue weighted by Crippen LogP contribution is -2.48. The monoisotopic (exact) mass is 389 g/mol. The summed E-state index contributed by atoms with van der Waals surface area (Å²) in [6.45, 7) is 4.90. The first-order chi connectivity index (χ1) is 13.3. The molecule has 0 unspecified atom stereocenters. The number of nitrogens with zero attached hydrogens (tertiary/aromatic N) is 4. The molecular formula is C19H27N5O2S. The van der Waals surface area contributed by atoms with Gasteiger partial charge in [-0.2, -0.15) is 0 Å². The van der Waals surface area contributed by atoms with E-state index < -0.39 is 0 Å². The summed E-state index contributed by atoms with van der Waals surface area (Å²) in [7, 11) is 0. The number of carbonyl (C=O) groups is 1. The number of furan rings is 1.